The minimum absolute atomic E-state index is 0. The zero-order valence-electron chi connectivity index (χ0n) is 13.9. The Labute approximate surface area is 165 Å². The summed E-state index contributed by atoms with van der Waals surface area (Å²) in [6, 6.07) is 4.42. The smallest absolute Gasteiger partial charge is 0.242 e. The van der Waals surface area contributed by atoms with Crippen LogP contribution in [0.4, 0.5) is 0 Å². The Morgan fingerprint density at radius 3 is 2.79 bits per heavy atom. The van der Waals surface area contributed by atoms with Gasteiger partial charge in [0, 0.05) is 17.5 Å². The fourth-order valence-electron chi connectivity index (χ4n) is 2.60. The van der Waals surface area contributed by atoms with E-state index in [0.717, 1.165) is 12.8 Å². The van der Waals surface area contributed by atoms with Gasteiger partial charge in [-0.1, -0.05) is 31.4 Å². The quantitative estimate of drug-likeness (QED) is 0.253. The van der Waals surface area contributed by atoms with Gasteiger partial charge in [0.05, 0.1) is 6.54 Å². The highest BCUT2D eigenvalue weighted by Gasteiger charge is 2.15. The fraction of sp³-hybridized carbons (Fsp3) is 0.529. The summed E-state index contributed by atoms with van der Waals surface area (Å²) in [5, 5.41) is 11.5. The standard InChI is InChI=1S/C17H26N4OS.HI/c1-2-10-18-17(19-12-15-9-6-11-23-15)20-13-16(22)21-14-7-4-3-5-8-14;/h2,6,9,11,14H,1,3-5,7-8,10,12-13H2,(H,21,22)(H2,18,19,20);1H. The lowest BCUT2D eigenvalue weighted by Gasteiger charge is -2.22. The van der Waals surface area contributed by atoms with Gasteiger partial charge in [0.25, 0.3) is 0 Å². The molecule has 7 heteroatoms. The molecule has 0 aliphatic heterocycles. The minimum Gasteiger partial charge on any atom is -0.353 e. The zero-order chi connectivity index (χ0) is 16.3. The third-order valence-electron chi connectivity index (χ3n) is 3.78. The van der Waals surface area contributed by atoms with Crippen LogP contribution in [-0.4, -0.2) is 31.0 Å². The van der Waals surface area contributed by atoms with E-state index < -0.39 is 0 Å². The van der Waals surface area contributed by atoms with Gasteiger partial charge in [0.15, 0.2) is 5.96 Å². The number of hydrogen-bond acceptors (Lipinski definition) is 3. The lowest BCUT2D eigenvalue weighted by Crippen LogP contribution is -2.40. The summed E-state index contributed by atoms with van der Waals surface area (Å²) in [4.78, 5) is 17.6. The molecule has 1 amide bonds. The molecule has 0 radical (unpaired) electrons. The number of carbonyl (C=O) groups excluding carboxylic acids is 1. The molecule has 1 aliphatic rings. The van der Waals surface area contributed by atoms with E-state index in [0.29, 0.717) is 25.1 Å². The summed E-state index contributed by atoms with van der Waals surface area (Å²) in [5.74, 6) is 0.629. The number of halogens is 1. The maximum atomic E-state index is 12.0. The highest BCUT2D eigenvalue weighted by atomic mass is 127. The molecular weight excluding hydrogens is 435 g/mol. The zero-order valence-corrected chi connectivity index (χ0v) is 17.1. The highest BCUT2D eigenvalue weighted by molar-refractivity contribution is 14.0. The van der Waals surface area contributed by atoms with E-state index in [4.69, 9.17) is 0 Å². The lowest BCUT2D eigenvalue weighted by molar-refractivity contribution is -0.120. The predicted molar refractivity (Wildman–Crippen MR) is 112 cm³/mol. The number of hydrogen-bond donors (Lipinski definition) is 3. The predicted octanol–water partition coefficient (Wildman–Crippen LogP) is 3.04. The van der Waals surface area contributed by atoms with Crippen molar-refractivity contribution in [1.82, 2.24) is 16.0 Å². The molecule has 2 rings (SSSR count). The van der Waals surface area contributed by atoms with Crippen LogP contribution < -0.4 is 16.0 Å². The lowest BCUT2D eigenvalue weighted by atomic mass is 9.95. The van der Waals surface area contributed by atoms with Crippen LogP contribution in [0.3, 0.4) is 0 Å². The molecule has 0 spiro atoms. The van der Waals surface area contributed by atoms with Gasteiger partial charge < -0.3 is 16.0 Å². The number of nitrogens with zero attached hydrogens (tertiary/aromatic N) is 1. The van der Waals surface area contributed by atoms with Gasteiger partial charge >= 0.3 is 0 Å². The Bertz CT molecular complexity index is 513. The summed E-state index contributed by atoms with van der Waals surface area (Å²) in [6.07, 6.45) is 7.66. The van der Waals surface area contributed by atoms with Crippen LogP contribution in [0.15, 0.2) is 35.2 Å². The second-order valence-corrected chi connectivity index (χ2v) is 6.70. The Morgan fingerprint density at radius 2 is 2.12 bits per heavy atom. The maximum Gasteiger partial charge on any atom is 0.242 e. The minimum atomic E-state index is -0.00673. The van der Waals surface area contributed by atoms with Crippen molar-refractivity contribution < 1.29 is 4.79 Å². The SMILES string of the molecule is C=CCNC(=NCC(=O)NC1CCCCC1)NCc1cccs1.I. The average Bonchev–Trinajstić information content (AvgIpc) is 3.08. The largest absolute Gasteiger partial charge is 0.353 e. The van der Waals surface area contributed by atoms with Crippen molar-refractivity contribution in [3.8, 4) is 0 Å². The van der Waals surface area contributed by atoms with Crippen molar-refractivity contribution in [2.45, 2.75) is 44.7 Å². The molecule has 1 fully saturated rings. The molecule has 0 saturated heterocycles. The molecule has 24 heavy (non-hydrogen) atoms. The summed E-state index contributed by atoms with van der Waals surface area (Å²) in [7, 11) is 0. The first kappa shape index (κ1) is 21.0. The summed E-state index contributed by atoms with van der Waals surface area (Å²) >= 11 is 1.69. The van der Waals surface area contributed by atoms with Crippen LogP contribution in [0, 0.1) is 0 Å². The maximum absolute atomic E-state index is 12.0. The van der Waals surface area contributed by atoms with Crippen molar-refractivity contribution in [2.24, 2.45) is 4.99 Å². The van der Waals surface area contributed by atoms with E-state index in [1.807, 2.05) is 11.4 Å². The van der Waals surface area contributed by atoms with Crippen LogP contribution in [0.1, 0.15) is 37.0 Å². The number of nitrogens with one attached hydrogen (secondary N) is 3. The molecule has 5 nitrogen and oxygen atoms in total. The topological polar surface area (TPSA) is 65.5 Å². The van der Waals surface area contributed by atoms with Crippen LogP contribution >= 0.6 is 35.3 Å². The molecule has 1 heterocycles. The monoisotopic (exact) mass is 462 g/mol. The van der Waals surface area contributed by atoms with Gasteiger partial charge in [-0.05, 0) is 24.3 Å². The van der Waals surface area contributed by atoms with Gasteiger partial charge in [-0.25, -0.2) is 4.99 Å². The normalized spacial score (nSPS) is 15.2. The van der Waals surface area contributed by atoms with Crippen molar-refractivity contribution in [2.75, 3.05) is 13.1 Å². The van der Waals surface area contributed by atoms with E-state index in [-0.39, 0.29) is 36.4 Å². The molecule has 0 unspecified atom stereocenters. The molecule has 134 valence electrons. The number of guanidine groups is 1. The van der Waals surface area contributed by atoms with E-state index in [1.165, 1.54) is 24.1 Å². The second-order valence-electron chi connectivity index (χ2n) is 5.67. The first-order chi connectivity index (χ1) is 11.3. The van der Waals surface area contributed by atoms with E-state index in [9.17, 15) is 4.79 Å². The highest BCUT2D eigenvalue weighted by Crippen LogP contribution is 2.17. The molecule has 1 aromatic heterocycles. The van der Waals surface area contributed by atoms with Crippen molar-refractivity contribution >= 4 is 47.2 Å². The van der Waals surface area contributed by atoms with Gasteiger partial charge in [0.2, 0.25) is 5.91 Å². The average molecular weight is 462 g/mol. The Kier molecular flexibility index (Phi) is 10.7. The van der Waals surface area contributed by atoms with E-state index in [1.54, 1.807) is 17.4 Å². The molecule has 0 atom stereocenters. The fourth-order valence-corrected chi connectivity index (χ4v) is 3.24. The second kappa shape index (κ2) is 12.3. The number of amides is 1. The van der Waals surface area contributed by atoms with E-state index >= 15 is 0 Å². The molecule has 1 aromatic rings. The van der Waals surface area contributed by atoms with Gasteiger partial charge in [-0.3, -0.25) is 4.79 Å². The van der Waals surface area contributed by atoms with Crippen LogP contribution in [0.2, 0.25) is 0 Å². The summed E-state index contributed by atoms with van der Waals surface area (Å²) in [5.41, 5.74) is 0. The Morgan fingerprint density at radius 1 is 1.33 bits per heavy atom. The van der Waals surface area contributed by atoms with Crippen molar-refractivity contribution in [3.63, 3.8) is 0 Å². The molecule has 1 aliphatic carbocycles. The first-order valence-electron chi connectivity index (χ1n) is 8.23. The molecule has 1 saturated carbocycles. The Balaban J connectivity index is 0.00000288. The van der Waals surface area contributed by atoms with Crippen molar-refractivity contribution in [1.29, 1.82) is 0 Å². The number of carbonyl (C=O) groups is 1. The van der Waals surface area contributed by atoms with Crippen LogP contribution in [-0.2, 0) is 11.3 Å². The number of aliphatic imine (C=N–C) groups is 1. The number of thiophene rings is 1. The molecule has 0 aromatic carbocycles. The molecule has 3 N–H and O–H groups in total. The third-order valence-corrected chi connectivity index (χ3v) is 4.65. The first-order valence-corrected chi connectivity index (χ1v) is 9.10. The van der Waals surface area contributed by atoms with Crippen LogP contribution in [0.25, 0.3) is 0 Å². The van der Waals surface area contributed by atoms with Gasteiger partial charge in [-0.15, -0.1) is 41.9 Å². The number of rotatable bonds is 7. The Hall–Kier alpha value is -1.09. The third kappa shape index (κ3) is 8.14. The summed E-state index contributed by atoms with van der Waals surface area (Å²) < 4.78 is 0. The van der Waals surface area contributed by atoms with Gasteiger partial charge in [0.1, 0.15) is 6.54 Å². The van der Waals surface area contributed by atoms with Crippen molar-refractivity contribution in [3.05, 3.63) is 35.0 Å². The molecule has 0 bridgehead atoms. The van der Waals surface area contributed by atoms with E-state index in [2.05, 4.69) is 33.6 Å². The van der Waals surface area contributed by atoms with Gasteiger partial charge in [-0.2, -0.15) is 0 Å². The summed E-state index contributed by atoms with van der Waals surface area (Å²) in [6.45, 7) is 5.15. The van der Waals surface area contributed by atoms with Crippen LogP contribution in [0.5, 0.6) is 0 Å². The molecular formula is C17H27IN4OS.